The lowest BCUT2D eigenvalue weighted by Crippen LogP contribution is -2.27. The van der Waals surface area contributed by atoms with Crippen LogP contribution in [0.2, 0.25) is 0 Å². The standard InChI is InChI=1S/C19H21F7/c1-2-3-9-12(20)6-10-11(7-13(9)21)18(25)16(17(10)24)8-4-14(22)19(26)15(23)5-8/h4-5,9-13,16-18H,2-3,6-7H2,1H3. The number of rotatable bonds is 3. The first-order valence-electron chi connectivity index (χ1n) is 8.96. The number of alkyl halides is 4. The van der Waals surface area contributed by atoms with E-state index in [4.69, 9.17) is 0 Å². The summed E-state index contributed by atoms with van der Waals surface area (Å²) in [5, 5.41) is 0. The summed E-state index contributed by atoms with van der Waals surface area (Å²) in [6.07, 6.45) is -6.78. The van der Waals surface area contributed by atoms with Crippen molar-refractivity contribution < 1.29 is 30.7 Å². The van der Waals surface area contributed by atoms with Crippen LogP contribution < -0.4 is 0 Å². The van der Waals surface area contributed by atoms with Crippen molar-refractivity contribution >= 4 is 0 Å². The second kappa shape index (κ2) is 7.39. The Hall–Kier alpha value is -1.27. The first-order valence-corrected chi connectivity index (χ1v) is 8.96. The predicted molar refractivity (Wildman–Crippen MR) is 83.3 cm³/mol. The van der Waals surface area contributed by atoms with Crippen molar-refractivity contribution in [3.8, 4) is 0 Å². The number of fused-ring (bicyclic) bond motifs is 1. The van der Waals surface area contributed by atoms with Crippen LogP contribution in [0.4, 0.5) is 30.7 Å². The molecule has 0 bridgehead atoms. The average Bonchev–Trinajstić information content (AvgIpc) is 2.72. The van der Waals surface area contributed by atoms with Gasteiger partial charge in [-0.1, -0.05) is 13.3 Å². The third-order valence-electron chi connectivity index (χ3n) is 5.99. The molecule has 0 amide bonds. The van der Waals surface area contributed by atoms with Crippen LogP contribution in [0.1, 0.15) is 44.1 Å². The first-order chi connectivity index (χ1) is 12.3. The number of halogens is 7. The van der Waals surface area contributed by atoms with Gasteiger partial charge in [0.1, 0.15) is 24.7 Å². The Labute approximate surface area is 147 Å². The van der Waals surface area contributed by atoms with E-state index in [2.05, 4.69) is 0 Å². The van der Waals surface area contributed by atoms with Gasteiger partial charge >= 0.3 is 0 Å². The fourth-order valence-electron chi connectivity index (χ4n) is 4.72. The monoisotopic (exact) mass is 382 g/mol. The highest BCUT2D eigenvalue weighted by Crippen LogP contribution is 2.53. The molecule has 0 spiro atoms. The summed E-state index contributed by atoms with van der Waals surface area (Å²) in [5.41, 5.74) is -0.356. The van der Waals surface area contributed by atoms with Crippen LogP contribution in [0.25, 0.3) is 0 Å². The van der Waals surface area contributed by atoms with Crippen molar-refractivity contribution in [2.45, 2.75) is 63.2 Å². The Balaban J connectivity index is 1.91. The van der Waals surface area contributed by atoms with E-state index in [1.54, 1.807) is 6.92 Å². The zero-order valence-electron chi connectivity index (χ0n) is 14.2. The van der Waals surface area contributed by atoms with E-state index in [9.17, 15) is 30.7 Å². The third-order valence-corrected chi connectivity index (χ3v) is 5.99. The van der Waals surface area contributed by atoms with E-state index in [0.717, 1.165) is 0 Å². The van der Waals surface area contributed by atoms with Crippen LogP contribution in [-0.2, 0) is 0 Å². The molecule has 2 aliphatic rings. The first kappa shape index (κ1) is 19.5. The molecule has 0 N–H and O–H groups in total. The summed E-state index contributed by atoms with van der Waals surface area (Å²) < 4.78 is 98.9. The zero-order chi connectivity index (χ0) is 19.2. The molecule has 1 aromatic rings. The van der Waals surface area contributed by atoms with Crippen molar-refractivity contribution in [3.05, 3.63) is 35.1 Å². The quantitative estimate of drug-likeness (QED) is 0.445. The molecular weight excluding hydrogens is 361 g/mol. The molecule has 3 rings (SSSR count). The summed E-state index contributed by atoms with van der Waals surface area (Å²) in [7, 11) is 0. The number of benzene rings is 1. The number of hydrogen-bond acceptors (Lipinski definition) is 0. The summed E-state index contributed by atoms with van der Waals surface area (Å²) >= 11 is 0. The average molecular weight is 382 g/mol. The summed E-state index contributed by atoms with van der Waals surface area (Å²) in [6, 6.07) is 1.13. The van der Waals surface area contributed by atoms with Gasteiger partial charge in [0.25, 0.3) is 0 Å². The molecular formula is C19H21F7. The number of hydrogen-bond donors (Lipinski definition) is 0. The molecule has 0 nitrogen and oxygen atoms in total. The lowest BCUT2D eigenvalue weighted by atomic mass is 9.87. The van der Waals surface area contributed by atoms with Gasteiger partial charge in [0.15, 0.2) is 17.5 Å². The van der Waals surface area contributed by atoms with Gasteiger partial charge in [-0.15, -0.1) is 0 Å². The maximum atomic E-state index is 14.9. The smallest absolute Gasteiger partial charge is 0.194 e. The summed E-state index contributed by atoms with van der Waals surface area (Å²) in [5.74, 6) is -9.38. The Morgan fingerprint density at radius 1 is 0.846 bits per heavy atom. The van der Waals surface area contributed by atoms with Gasteiger partial charge in [0.05, 0.1) is 0 Å². The van der Waals surface area contributed by atoms with Gasteiger partial charge in [-0.2, -0.15) is 0 Å². The van der Waals surface area contributed by atoms with Gasteiger partial charge in [-0.05, 0) is 48.8 Å². The van der Waals surface area contributed by atoms with Gasteiger partial charge in [-0.25, -0.2) is 30.7 Å². The third kappa shape index (κ3) is 3.22. The highest BCUT2D eigenvalue weighted by molar-refractivity contribution is 5.28. The van der Waals surface area contributed by atoms with E-state index in [0.29, 0.717) is 25.0 Å². The van der Waals surface area contributed by atoms with Gasteiger partial charge in [-0.3, -0.25) is 0 Å². The van der Waals surface area contributed by atoms with Crippen LogP contribution in [0.5, 0.6) is 0 Å². The van der Waals surface area contributed by atoms with Crippen LogP contribution in [-0.4, -0.2) is 24.7 Å². The molecule has 0 aromatic heterocycles. The Morgan fingerprint density at radius 3 is 1.73 bits per heavy atom. The molecule has 0 saturated heterocycles. The van der Waals surface area contributed by atoms with E-state index in [-0.39, 0.29) is 18.4 Å². The highest BCUT2D eigenvalue weighted by atomic mass is 19.2. The maximum Gasteiger partial charge on any atom is 0.194 e. The normalized spacial score (nSPS) is 40.3. The van der Waals surface area contributed by atoms with Crippen molar-refractivity contribution in [1.82, 2.24) is 0 Å². The second-order valence-corrected chi connectivity index (χ2v) is 7.50. The molecule has 6 unspecified atom stereocenters. The fourth-order valence-corrected chi connectivity index (χ4v) is 4.72. The molecule has 0 aliphatic heterocycles. The molecule has 2 fully saturated rings. The molecule has 146 valence electrons. The second-order valence-electron chi connectivity index (χ2n) is 7.50. The largest absolute Gasteiger partial charge is 0.247 e. The molecule has 7 heteroatoms. The molecule has 6 atom stereocenters. The van der Waals surface area contributed by atoms with Crippen LogP contribution >= 0.6 is 0 Å². The molecule has 2 aliphatic carbocycles. The van der Waals surface area contributed by atoms with Gasteiger partial charge in [0.2, 0.25) is 0 Å². The molecule has 0 heterocycles. The topological polar surface area (TPSA) is 0 Å². The molecule has 1 aromatic carbocycles. The van der Waals surface area contributed by atoms with E-state index in [1.165, 1.54) is 0 Å². The maximum absolute atomic E-state index is 14.9. The van der Waals surface area contributed by atoms with Crippen molar-refractivity contribution in [3.63, 3.8) is 0 Å². The SMILES string of the molecule is CCCC1C(F)CC2C(F)C(c3cc(F)c(F)c(F)c3)C(F)C2CC1F. The minimum Gasteiger partial charge on any atom is -0.247 e. The van der Waals surface area contributed by atoms with Crippen molar-refractivity contribution in [2.75, 3.05) is 0 Å². The van der Waals surface area contributed by atoms with E-state index in [1.807, 2.05) is 0 Å². The Kier molecular flexibility index (Phi) is 5.54. The van der Waals surface area contributed by atoms with Crippen molar-refractivity contribution in [2.24, 2.45) is 17.8 Å². The van der Waals surface area contributed by atoms with Crippen LogP contribution in [0, 0.1) is 35.2 Å². The summed E-state index contributed by atoms with van der Waals surface area (Å²) in [6.45, 7) is 1.79. The predicted octanol–water partition coefficient (Wildman–Crippen LogP) is 6.00. The van der Waals surface area contributed by atoms with Crippen molar-refractivity contribution in [1.29, 1.82) is 0 Å². The minimum absolute atomic E-state index is 0.299. The van der Waals surface area contributed by atoms with Gasteiger partial charge in [0, 0.05) is 11.8 Å². The molecule has 2 saturated carbocycles. The van der Waals surface area contributed by atoms with Gasteiger partial charge < -0.3 is 0 Å². The lowest BCUT2D eigenvalue weighted by Gasteiger charge is -2.24. The molecule has 26 heavy (non-hydrogen) atoms. The fraction of sp³-hybridized carbons (Fsp3) is 0.684. The lowest BCUT2D eigenvalue weighted by molar-refractivity contribution is 0.101. The minimum atomic E-state index is -1.91. The zero-order valence-corrected chi connectivity index (χ0v) is 14.2. The van der Waals surface area contributed by atoms with E-state index >= 15 is 0 Å². The van der Waals surface area contributed by atoms with Crippen LogP contribution in [0.15, 0.2) is 12.1 Å². The highest BCUT2D eigenvalue weighted by Gasteiger charge is 2.56. The Bertz CT molecular complexity index is 602. The van der Waals surface area contributed by atoms with E-state index < -0.39 is 65.8 Å². The summed E-state index contributed by atoms with van der Waals surface area (Å²) in [4.78, 5) is 0. The molecule has 0 radical (unpaired) electrons. The van der Waals surface area contributed by atoms with Crippen LogP contribution in [0.3, 0.4) is 0 Å². The Morgan fingerprint density at radius 2 is 1.31 bits per heavy atom.